The molecule has 0 aliphatic heterocycles. The molecule has 2 N–H and O–H groups in total. The summed E-state index contributed by atoms with van der Waals surface area (Å²) < 4.78 is 0. The van der Waals surface area contributed by atoms with E-state index in [0.29, 0.717) is 5.82 Å². The molecule has 112 valence electrons. The fourth-order valence-electron chi connectivity index (χ4n) is 2.36. The predicted molar refractivity (Wildman–Crippen MR) is 89.1 cm³/mol. The standard InChI is InChI=1S/C17H24N4/c1-6-21(14-10-8-7-9-12(14)4)17-13(5)15(18)19-16(20-17)11(2)3/h7-11H,6H2,1-5H3,(H2,18,19,20). The van der Waals surface area contributed by atoms with Gasteiger partial charge in [0.2, 0.25) is 0 Å². The number of benzene rings is 1. The quantitative estimate of drug-likeness (QED) is 0.923. The molecule has 1 aromatic carbocycles. The molecule has 2 aromatic rings. The van der Waals surface area contributed by atoms with Crippen LogP contribution in [0.15, 0.2) is 24.3 Å². The van der Waals surface area contributed by atoms with Gasteiger partial charge in [0.15, 0.2) is 0 Å². The summed E-state index contributed by atoms with van der Waals surface area (Å²) in [5.41, 5.74) is 9.41. The van der Waals surface area contributed by atoms with E-state index in [1.54, 1.807) is 0 Å². The van der Waals surface area contributed by atoms with Gasteiger partial charge in [-0.3, -0.25) is 0 Å². The molecule has 21 heavy (non-hydrogen) atoms. The summed E-state index contributed by atoms with van der Waals surface area (Å²) in [5.74, 6) is 2.51. The van der Waals surface area contributed by atoms with Crippen LogP contribution in [0, 0.1) is 13.8 Å². The van der Waals surface area contributed by atoms with Gasteiger partial charge in [0.05, 0.1) is 0 Å². The highest BCUT2D eigenvalue weighted by Gasteiger charge is 2.18. The van der Waals surface area contributed by atoms with E-state index in [9.17, 15) is 0 Å². The monoisotopic (exact) mass is 284 g/mol. The zero-order chi connectivity index (χ0) is 15.6. The number of para-hydroxylation sites is 1. The number of aromatic nitrogens is 2. The normalized spacial score (nSPS) is 11.0. The van der Waals surface area contributed by atoms with E-state index in [2.05, 4.69) is 49.7 Å². The van der Waals surface area contributed by atoms with E-state index in [-0.39, 0.29) is 5.92 Å². The molecule has 0 amide bonds. The van der Waals surface area contributed by atoms with Crippen LogP contribution >= 0.6 is 0 Å². The first kappa shape index (κ1) is 15.3. The Morgan fingerprint density at radius 3 is 2.38 bits per heavy atom. The van der Waals surface area contributed by atoms with Gasteiger partial charge in [-0.25, -0.2) is 9.97 Å². The van der Waals surface area contributed by atoms with Crippen LogP contribution in [0.3, 0.4) is 0 Å². The van der Waals surface area contributed by atoms with Gasteiger partial charge in [0.1, 0.15) is 17.5 Å². The van der Waals surface area contributed by atoms with Crippen molar-refractivity contribution < 1.29 is 0 Å². The number of anilines is 3. The second-order valence-electron chi connectivity index (χ2n) is 5.60. The van der Waals surface area contributed by atoms with Gasteiger partial charge in [-0.1, -0.05) is 32.0 Å². The summed E-state index contributed by atoms with van der Waals surface area (Å²) >= 11 is 0. The van der Waals surface area contributed by atoms with Crippen molar-refractivity contribution in [2.24, 2.45) is 0 Å². The number of nitrogens with two attached hydrogens (primary N) is 1. The highest BCUT2D eigenvalue weighted by Crippen LogP contribution is 2.31. The van der Waals surface area contributed by atoms with Crippen molar-refractivity contribution in [3.8, 4) is 0 Å². The van der Waals surface area contributed by atoms with Gasteiger partial charge in [0.25, 0.3) is 0 Å². The van der Waals surface area contributed by atoms with Crippen LogP contribution in [0.4, 0.5) is 17.3 Å². The Bertz CT molecular complexity index is 635. The smallest absolute Gasteiger partial charge is 0.141 e. The lowest BCUT2D eigenvalue weighted by molar-refractivity contribution is 0.768. The maximum atomic E-state index is 6.09. The van der Waals surface area contributed by atoms with Gasteiger partial charge in [0, 0.05) is 23.7 Å². The zero-order valence-electron chi connectivity index (χ0n) is 13.5. The molecule has 0 bridgehead atoms. The number of rotatable bonds is 4. The molecule has 0 saturated carbocycles. The average molecular weight is 284 g/mol. The minimum atomic E-state index is 0.252. The largest absolute Gasteiger partial charge is 0.383 e. The van der Waals surface area contributed by atoms with Gasteiger partial charge < -0.3 is 10.6 Å². The molecule has 0 unspecified atom stereocenters. The molecular formula is C17H24N4. The van der Waals surface area contributed by atoms with Crippen LogP contribution in [-0.2, 0) is 0 Å². The van der Waals surface area contributed by atoms with Crippen molar-refractivity contribution in [3.05, 3.63) is 41.2 Å². The van der Waals surface area contributed by atoms with Crippen molar-refractivity contribution in [1.29, 1.82) is 0 Å². The molecule has 0 saturated heterocycles. The summed E-state index contributed by atoms with van der Waals surface area (Å²) in [4.78, 5) is 11.4. The van der Waals surface area contributed by atoms with E-state index in [1.165, 1.54) is 5.56 Å². The van der Waals surface area contributed by atoms with Crippen molar-refractivity contribution in [1.82, 2.24) is 9.97 Å². The molecule has 1 aromatic heterocycles. The first-order chi connectivity index (χ1) is 9.95. The molecule has 0 atom stereocenters. The fourth-order valence-corrected chi connectivity index (χ4v) is 2.36. The molecule has 1 heterocycles. The van der Waals surface area contributed by atoms with Crippen molar-refractivity contribution >= 4 is 17.3 Å². The van der Waals surface area contributed by atoms with Crippen molar-refractivity contribution in [3.63, 3.8) is 0 Å². The molecule has 0 fully saturated rings. The van der Waals surface area contributed by atoms with Crippen LogP contribution in [0.25, 0.3) is 0 Å². The molecule has 2 rings (SSSR count). The van der Waals surface area contributed by atoms with Crippen LogP contribution in [-0.4, -0.2) is 16.5 Å². The number of hydrogen-bond donors (Lipinski definition) is 1. The third-order valence-corrected chi connectivity index (χ3v) is 3.67. The number of nitrogen functional groups attached to an aromatic ring is 1. The highest BCUT2D eigenvalue weighted by atomic mass is 15.2. The van der Waals surface area contributed by atoms with E-state index in [0.717, 1.165) is 29.4 Å². The summed E-state index contributed by atoms with van der Waals surface area (Å²) in [5, 5.41) is 0. The summed E-state index contributed by atoms with van der Waals surface area (Å²) in [7, 11) is 0. The van der Waals surface area contributed by atoms with E-state index >= 15 is 0 Å². The molecule has 0 radical (unpaired) electrons. The van der Waals surface area contributed by atoms with E-state index < -0.39 is 0 Å². The first-order valence-corrected chi connectivity index (χ1v) is 7.42. The second kappa shape index (κ2) is 6.12. The minimum Gasteiger partial charge on any atom is -0.383 e. The maximum absolute atomic E-state index is 6.09. The molecule has 0 aliphatic carbocycles. The zero-order valence-corrected chi connectivity index (χ0v) is 13.5. The molecular weight excluding hydrogens is 260 g/mol. The van der Waals surface area contributed by atoms with E-state index in [4.69, 9.17) is 10.7 Å². The van der Waals surface area contributed by atoms with Crippen LogP contribution in [0.1, 0.15) is 43.6 Å². The van der Waals surface area contributed by atoms with Gasteiger partial charge in [-0.15, -0.1) is 0 Å². The Hall–Kier alpha value is -2.10. The molecule has 4 heteroatoms. The molecule has 0 aliphatic rings. The Kier molecular flexibility index (Phi) is 4.46. The van der Waals surface area contributed by atoms with Crippen molar-refractivity contribution in [2.75, 3.05) is 17.2 Å². The lowest BCUT2D eigenvalue weighted by Crippen LogP contribution is -2.21. The fraction of sp³-hybridized carbons (Fsp3) is 0.412. The number of aryl methyl sites for hydroxylation is 1. The number of nitrogens with zero attached hydrogens (tertiary/aromatic N) is 3. The summed E-state index contributed by atoms with van der Waals surface area (Å²) in [6.45, 7) is 11.2. The van der Waals surface area contributed by atoms with Crippen LogP contribution in [0.5, 0.6) is 0 Å². The third-order valence-electron chi connectivity index (χ3n) is 3.67. The Morgan fingerprint density at radius 2 is 1.81 bits per heavy atom. The SMILES string of the molecule is CCN(c1ccccc1C)c1nc(C(C)C)nc(N)c1C. The lowest BCUT2D eigenvalue weighted by atomic mass is 10.1. The topological polar surface area (TPSA) is 55.0 Å². The van der Waals surface area contributed by atoms with Crippen LogP contribution in [0.2, 0.25) is 0 Å². The van der Waals surface area contributed by atoms with Crippen LogP contribution < -0.4 is 10.6 Å². The van der Waals surface area contributed by atoms with Gasteiger partial charge >= 0.3 is 0 Å². The Balaban J connectivity index is 2.60. The Labute approximate surface area is 127 Å². The number of hydrogen-bond acceptors (Lipinski definition) is 4. The van der Waals surface area contributed by atoms with Crippen molar-refractivity contribution in [2.45, 2.75) is 40.5 Å². The lowest BCUT2D eigenvalue weighted by Gasteiger charge is -2.26. The second-order valence-corrected chi connectivity index (χ2v) is 5.60. The first-order valence-electron chi connectivity index (χ1n) is 7.42. The van der Waals surface area contributed by atoms with Gasteiger partial charge in [-0.2, -0.15) is 0 Å². The Morgan fingerprint density at radius 1 is 1.14 bits per heavy atom. The summed E-state index contributed by atoms with van der Waals surface area (Å²) in [6.07, 6.45) is 0. The van der Waals surface area contributed by atoms with E-state index in [1.807, 2.05) is 19.1 Å². The molecule has 0 spiro atoms. The predicted octanol–water partition coefficient (Wildman–Crippen LogP) is 3.96. The maximum Gasteiger partial charge on any atom is 0.141 e. The highest BCUT2D eigenvalue weighted by molar-refractivity contribution is 5.68. The van der Waals surface area contributed by atoms with Gasteiger partial charge in [-0.05, 0) is 32.4 Å². The summed E-state index contributed by atoms with van der Waals surface area (Å²) in [6, 6.07) is 8.33. The molecule has 4 nitrogen and oxygen atoms in total. The average Bonchev–Trinajstić information content (AvgIpc) is 2.45. The minimum absolute atomic E-state index is 0.252. The third kappa shape index (κ3) is 2.99.